The highest BCUT2D eigenvalue weighted by Crippen LogP contribution is 2.42. The fourth-order valence-corrected chi connectivity index (χ4v) is 8.82. The Morgan fingerprint density at radius 1 is 0.339 bits per heavy atom. The second-order valence-corrected chi connectivity index (χ2v) is 15.9. The highest BCUT2D eigenvalue weighted by molar-refractivity contribution is 6.18. The SMILES string of the molecule is C1=CCCC(c2cc(-c3ccccc3)c3c(cc(-c4ccc(-c5cc(-c6cc(-c7ccccc7)cc(-c7ccccc7)c6)nc(-c6ccccc6)n5)cc4)c4ccccc43)n2)=C1. The Kier molecular flexibility index (Phi) is 9.68. The third-order valence-electron chi connectivity index (χ3n) is 11.9. The molecule has 3 heteroatoms. The quantitative estimate of drug-likeness (QED) is 0.144. The summed E-state index contributed by atoms with van der Waals surface area (Å²) >= 11 is 0. The molecular weight excluding hydrogens is 751 g/mol. The normalized spacial score (nSPS) is 12.4. The van der Waals surface area contributed by atoms with Gasteiger partial charge in [-0.15, -0.1) is 0 Å². The van der Waals surface area contributed by atoms with Crippen LogP contribution in [-0.2, 0) is 0 Å². The molecule has 11 rings (SSSR count). The van der Waals surface area contributed by atoms with Crippen LogP contribution in [0.15, 0.2) is 224 Å². The molecule has 0 saturated carbocycles. The standard InChI is InChI=1S/C59H41N3/c1-6-18-40(19-7-1)47-34-48(41-20-8-2-9-21-41)36-49(35-47)56-39-55(61-59(62-56)46-26-14-5-15-27-46)45-32-30-43(31-33-45)52-37-57-58(51-29-17-16-28-50(51)52)53(42-22-10-3-11-23-42)38-54(60-57)44-24-12-4-13-25-44/h1-12,14-24,26-39H,13,25H2. The molecule has 0 saturated heterocycles. The van der Waals surface area contributed by atoms with Crippen molar-refractivity contribution in [1.82, 2.24) is 15.0 Å². The maximum atomic E-state index is 5.40. The van der Waals surface area contributed by atoms with E-state index in [1.165, 1.54) is 32.9 Å². The number of allylic oxidation sites excluding steroid dienone is 4. The van der Waals surface area contributed by atoms with Crippen molar-refractivity contribution in [2.75, 3.05) is 0 Å². The van der Waals surface area contributed by atoms with E-state index < -0.39 is 0 Å². The maximum absolute atomic E-state index is 5.40. The molecule has 8 aromatic carbocycles. The Labute approximate surface area is 362 Å². The zero-order valence-electron chi connectivity index (χ0n) is 34.1. The van der Waals surface area contributed by atoms with Crippen LogP contribution < -0.4 is 0 Å². The average Bonchev–Trinajstić information content (AvgIpc) is 3.37. The molecule has 0 aliphatic heterocycles. The lowest BCUT2D eigenvalue weighted by Crippen LogP contribution is -1.97. The van der Waals surface area contributed by atoms with Crippen LogP contribution in [0.3, 0.4) is 0 Å². The first-order valence-electron chi connectivity index (χ1n) is 21.3. The van der Waals surface area contributed by atoms with E-state index in [4.69, 9.17) is 15.0 Å². The number of fused-ring (bicyclic) bond motifs is 3. The topological polar surface area (TPSA) is 38.7 Å². The summed E-state index contributed by atoms with van der Waals surface area (Å²) in [7, 11) is 0. The van der Waals surface area contributed by atoms with Gasteiger partial charge in [0.25, 0.3) is 0 Å². The Morgan fingerprint density at radius 2 is 0.855 bits per heavy atom. The molecule has 1 aliphatic rings. The fourth-order valence-electron chi connectivity index (χ4n) is 8.82. The molecule has 62 heavy (non-hydrogen) atoms. The molecule has 0 bridgehead atoms. The van der Waals surface area contributed by atoms with E-state index in [0.29, 0.717) is 5.82 Å². The summed E-state index contributed by atoms with van der Waals surface area (Å²) in [4.78, 5) is 15.9. The van der Waals surface area contributed by atoms with Crippen LogP contribution in [0.4, 0.5) is 0 Å². The van der Waals surface area contributed by atoms with Gasteiger partial charge in [0.2, 0.25) is 0 Å². The van der Waals surface area contributed by atoms with Crippen LogP contribution in [0.1, 0.15) is 18.5 Å². The number of aromatic nitrogens is 3. The van der Waals surface area contributed by atoms with Crippen molar-refractivity contribution in [3.63, 3.8) is 0 Å². The van der Waals surface area contributed by atoms with Gasteiger partial charge in [0.1, 0.15) is 0 Å². The van der Waals surface area contributed by atoms with Crippen LogP contribution in [0.5, 0.6) is 0 Å². The molecule has 0 amide bonds. The number of pyridine rings is 1. The molecule has 3 nitrogen and oxygen atoms in total. The number of hydrogen-bond donors (Lipinski definition) is 0. The molecule has 0 atom stereocenters. The van der Waals surface area contributed by atoms with Gasteiger partial charge in [0, 0.05) is 22.1 Å². The molecule has 0 spiro atoms. The summed E-state index contributed by atoms with van der Waals surface area (Å²) in [6.45, 7) is 0. The number of rotatable bonds is 8. The minimum absolute atomic E-state index is 0.689. The third-order valence-corrected chi connectivity index (χ3v) is 11.9. The van der Waals surface area contributed by atoms with Gasteiger partial charge < -0.3 is 0 Å². The first-order chi connectivity index (χ1) is 30.7. The summed E-state index contributed by atoms with van der Waals surface area (Å²) in [5.74, 6) is 0.689. The molecule has 2 heterocycles. The monoisotopic (exact) mass is 791 g/mol. The first kappa shape index (κ1) is 37.0. The summed E-state index contributed by atoms with van der Waals surface area (Å²) in [6, 6.07) is 73.3. The van der Waals surface area contributed by atoms with Crippen molar-refractivity contribution in [2.24, 2.45) is 0 Å². The number of hydrogen-bond acceptors (Lipinski definition) is 3. The molecular formula is C59H41N3. The molecule has 0 unspecified atom stereocenters. The van der Waals surface area contributed by atoms with E-state index in [2.05, 4.69) is 206 Å². The van der Waals surface area contributed by atoms with E-state index >= 15 is 0 Å². The number of nitrogens with zero attached hydrogens (tertiary/aromatic N) is 3. The molecule has 1 aliphatic carbocycles. The van der Waals surface area contributed by atoms with Crippen molar-refractivity contribution in [1.29, 1.82) is 0 Å². The Morgan fingerprint density at radius 3 is 1.47 bits per heavy atom. The minimum Gasteiger partial charge on any atom is -0.248 e. The summed E-state index contributed by atoms with van der Waals surface area (Å²) in [5.41, 5.74) is 17.3. The van der Waals surface area contributed by atoms with Crippen molar-refractivity contribution in [3.8, 4) is 78.4 Å². The van der Waals surface area contributed by atoms with E-state index in [9.17, 15) is 0 Å². The van der Waals surface area contributed by atoms with Gasteiger partial charge >= 0.3 is 0 Å². The summed E-state index contributed by atoms with van der Waals surface area (Å²) in [6.07, 6.45) is 8.62. The van der Waals surface area contributed by atoms with Crippen molar-refractivity contribution in [2.45, 2.75) is 12.8 Å². The molecule has 292 valence electrons. The van der Waals surface area contributed by atoms with E-state index in [-0.39, 0.29) is 0 Å². The van der Waals surface area contributed by atoms with Crippen molar-refractivity contribution in [3.05, 3.63) is 230 Å². The molecule has 0 N–H and O–H groups in total. The predicted octanol–water partition coefficient (Wildman–Crippen LogP) is 15.6. The average molecular weight is 792 g/mol. The Hall–Kier alpha value is -8.01. The van der Waals surface area contributed by atoms with Crippen LogP contribution in [0.2, 0.25) is 0 Å². The van der Waals surface area contributed by atoms with Crippen LogP contribution in [0, 0.1) is 0 Å². The van der Waals surface area contributed by atoms with E-state index in [0.717, 1.165) is 85.5 Å². The zero-order chi connectivity index (χ0) is 41.2. The highest BCUT2D eigenvalue weighted by atomic mass is 14.9. The number of benzene rings is 8. The molecule has 2 aromatic heterocycles. The largest absolute Gasteiger partial charge is 0.248 e. The molecule has 10 aromatic rings. The van der Waals surface area contributed by atoms with E-state index in [1.54, 1.807) is 0 Å². The van der Waals surface area contributed by atoms with Gasteiger partial charge in [-0.3, -0.25) is 0 Å². The molecule has 0 radical (unpaired) electrons. The van der Waals surface area contributed by atoms with Gasteiger partial charge in [0.05, 0.1) is 22.6 Å². The van der Waals surface area contributed by atoms with Gasteiger partial charge in [-0.25, -0.2) is 15.0 Å². The van der Waals surface area contributed by atoms with Crippen LogP contribution in [0.25, 0.3) is 106 Å². The smallest absolute Gasteiger partial charge is 0.160 e. The lowest BCUT2D eigenvalue weighted by molar-refractivity contribution is 1.04. The van der Waals surface area contributed by atoms with Gasteiger partial charge in [-0.1, -0.05) is 188 Å². The van der Waals surface area contributed by atoms with Crippen LogP contribution >= 0.6 is 0 Å². The predicted molar refractivity (Wildman–Crippen MR) is 259 cm³/mol. The third kappa shape index (κ3) is 7.20. The highest BCUT2D eigenvalue weighted by Gasteiger charge is 2.18. The second-order valence-electron chi connectivity index (χ2n) is 15.9. The van der Waals surface area contributed by atoms with Gasteiger partial charge in [-0.05, 0) is 110 Å². The maximum Gasteiger partial charge on any atom is 0.160 e. The Bertz CT molecular complexity index is 3240. The molecule has 0 fully saturated rings. The summed E-state index contributed by atoms with van der Waals surface area (Å²) < 4.78 is 0. The fraction of sp³-hybridized carbons (Fsp3) is 0.0339. The van der Waals surface area contributed by atoms with Gasteiger partial charge in [-0.2, -0.15) is 0 Å². The van der Waals surface area contributed by atoms with E-state index in [1.807, 2.05) is 18.2 Å². The van der Waals surface area contributed by atoms with Crippen molar-refractivity contribution >= 4 is 27.2 Å². The lowest BCUT2D eigenvalue weighted by atomic mass is 9.89. The summed E-state index contributed by atoms with van der Waals surface area (Å²) in [5, 5.41) is 3.57. The Balaban J connectivity index is 1.06. The second kappa shape index (κ2) is 16.2. The van der Waals surface area contributed by atoms with Crippen molar-refractivity contribution < 1.29 is 0 Å². The van der Waals surface area contributed by atoms with Crippen LogP contribution in [-0.4, -0.2) is 15.0 Å². The van der Waals surface area contributed by atoms with Gasteiger partial charge in [0.15, 0.2) is 5.82 Å². The minimum atomic E-state index is 0.689. The zero-order valence-corrected chi connectivity index (χ0v) is 34.1. The first-order valence-corrected chi connectivity index (χ1v) is 21.3. The lowest BCUT2D eigenvalue weighted by Gasteiger charge is -2.17.